The van der Waals surface area contributed by atoms with Crippen molar-refractivity contribution in [2.24, 2.45) is 0 Å². The van der Waals surface area contributed by atoms with Gasteiger partial charge in [0.2, 0.25) is 0 Å². The number of rotatable bonds is 3. The predicted molar refractivity (Wildman–Crippen MR) is 43.4 cm³/mol. The Labute approximate surface area is 63.0 Å². The maximum Gasteiger partial charge on any atom is 0.103 e. The van der Waals surface area contributed by atoms with Crippen molar-refractivity contribution in [1.82, 2.24) is 16.2 Å². The van der Waals surface area contributed by atoms with Gasteiger partial charge in [-0.2, -0.15) is 0 Å². The quantitative estimate of drug-likeness (QED) is 0.365. The fourth-order valence-electron chi connectivity index (χ4n) is 0.282. The fraction of sp³-hybridized carbons (Fsp3) is 0.500. The molecule has 0 aliphatic carbocycles. The Hall–Kier alpha value is 0.0300. The van der Waals surface area contributed by atoms with Crippen molar-refractivity contribution in [2.75, 3.05) is 14.1 Å². The molecule has 0 aromatic rings. The van der Waals surface area contributed by atoms with Gasteiger partial charge in [-0.1, -0.05) is 0 Å². The van der Waals surface area contributed by atoms with E-state index in [9.17, 15) is 0 Å². The van der Waals surface area contributed by atoms with E-state index in [2.05, 4.69) is 38.8 Å². The number of hydrogen-bond donors (Lipinski definition) is 3. The van der Waals surface area contributed by atoms with Gasteiger partial charge in [0, 0.05) is 20.3 Å². The minimum atomic E-state index is 1.03. The van der Waals surface area contributed by atoms with Crippen LogP contribution in [-0.4, -0.2) is 14.1 Å². The van der Waals surface area contributed by atoms with E-state index in [1.54, 1.807) is 0 Å². The van der Waals surface area contributed by atoms with E-state index in [0.29, 0.717) is 0 Å². The average molecular weight is 227 g/mol. The molecule has 0 atom stereocenters. The fourth-order valence-corrected chi connectivity index (χ4v) is 0.863. The molecule has 0 rings (SSSR count). The summed E-state index contributed by atoms with van der Waals surface area (Å²) in [7, 11) is 3.68. The molecule has 8 heavy (non-hydrogen) atoms. The standard InChI is InChI=1S/C4H10IN3/c1-6-3-4(5)8-7-2/h3,6-8H,1-2H3/b4-3-. The summed E-state index contributed by atoms with van der Waals surface area (Å²) >= 11 is 2.17. The van der Waals surface area contributed by atoms with E-state index in [4.69, 9.17) is 0 Å². The topological polar surface area (TPSA) is 36.1 Å². The highest BCUT2D eigenvalue weighted by molar-refractivity contribution is 14.1. The molecule has 3 N–H and O–H groups in total. The Kier molecular flexibility index (Phi) is 5.19. The lowest BCUT2D eigenvalue weighted by Gasteiger charge is -1.99. The highest BCUT2D eigenvalue weighted by Gasteiger charge is 1.79. The van der Waals surface area contributed by atoms with E-state index >= 15 is 0 Å². The van der Waals surface area contributed by atoms with Crippen LogP contribution in [0.15, 0.2) is 9.90 Å². The normalized spacial score (nSPS) is 11.1. The molecule has 0 aliphatic rings. The molecule has 0 aliphatic heterocycles. The zero-order valence-electron chi connectivity index (χ0n) is 4.96. The summed E-state index contributed by atoms with van der Waals surface area (Å²) in [6, 6.07) is 0. The minimum absolute atomic E-state index is 1.03. The van der Waals surface area contributed by atoms with Crippen LogP contribution in [0.4, 0.5) is 0 Å². The second kappa shape index (κ2) is 5.17. The second-order valence-electron chi connectivity index (χ2n) is 1.16. The molecule has 0 amide bonds. The number of nitrogens with one attached hydrogen (secondary N) is 3. The van der Waals surface area contributed by atoms with E-state index < -0.39 is 0 Å². The molecule has 48 valence electrons. The highest BCUT2D eigenvalue weighted by atomic mass is 127. The van der Waals surface area contributed by atoms with Crippen molar-refractivity contribution < 1.29 is 0 Å². The van der Waals surface area contributed by atoms with Crippen LogP contribution in [0, 0.1) is 0 Å². The molecular formula is C4H10IN3. The number of hydrazine groups is 1. The summed E-state index contributed by atoms with van der Waals surface area (Å²) in [5.74, 6) is 0. The second-order valence-corrected chi connectivity index (χ2v) is 2.32. The minimum Gasteiger partial charge on any atom is -0.392 e. The summed E-state index contributed by atoms with van der Waals surface area (Å²) < 4.78 is 1.03. The van der Waals surface area contributed by atoms with Crippen molar-refractivity contribution in [1.29, 1.82) is 0 Å². The summed E-state index contributed by atoms with van der Waals surface area (Å²) in [4.78, 5) is 0. The van der Waals surface area contributed by atoms with Gasteiger partial charge in [-0.25, -0.2) is 5.43 Å². The summed E-state index contributed by atoms with van der Waals surface area (Å²) in [5, 5.41) is 2.88. The van der Waals surface area contributed by atoms with Crippen molar-refractivity contribution in [3.8, 4) is 0 Å². The molecule has 0 aromatic carbocycles. The van der Waals surface area contributed by atoms with Gasteiger partial charge in [0.15, 0.2) is 0 Å². The number of halogens is 1. The average Bonchev–Trinajstić information content (AvgIpc) is 1.68. The van der Waals surface area contributed by atoms with Crippen LogP contribution in [-0.2, 0) is 0 Å². The molecule has 0 radical (unpaired) electrons. The van der Waals surface area contributed by atoms with E-state index in [1.807, 2.05) is 20.3 Å². The van der Waals surface area contributed by atoms with Crippen molar-refractivity contribution >= 4 is 22.6 Å². The first-order valence-corrected chi connectivity index (χ1v) is 3.35. The number of hydrogen-bond acceptors (Lipinski definition) is 3. The largest absolute Gasteiger partial charge is 0.392 e. The summed E-state index contributed by atoms with van der Waals surface area (Å²) in [6.07, 6.45) is 1.86. The predicted octanol–water partition coefficient (Wildman–Crippen LogP) is 0.164. The zero-order valence-corrected chi connectivity index (χ0v) is 7.11. The van der Waals surface area contributed by atoms with E-state index in [0.717, 1.165) is 3.70 Å². The van der Waals surface area contributed by atoms with Crippen LogP contribution >= 0.6 is 22.6 Å². The van der Waals surface area contributed by atoms with Crippen molar-refractivity contribution in [3.63, 3.8) is 0 Å². The summed E-state index contributed by atoms with van der Waals surface area (Å²) in [6.45, 7) is 0. The smallest absolute Gasteiger partial charge is 0.103 e. The molecule has 0 spiro atoms. The third-order valence-electron chi connectivity index (χ3n) is 0.515. The third-order valence-corrected chi connectivity index (χ3v) is 1.10. The van der Waals surface area contributed by atoms with Gasteiger partial charge < -0.3 is 10.7 Å². The third kappa shape index (κ3) is 4.20. The van der Waals surface area contributed by atoms with Gasteiger partial charge in [0.1, 0.15) is 3.70 Å². The molecule has 0 heterocycles. The van der Waals surface area contributed by atoms with Gasteiger partial charge in [-0.15, -0.1) is 0 Å². The Bertz CT molecular complexity index is 81.4. The lowest BCUT2D eigenvalue weighted by atomic mass is 10.9. The van der Waals surface area contributed by atoms with Gasteiger partial charge in [-0.3, -0.25) is 0 Å². The summed E-state index contributed by atoms with van der Waals surface area (Å²) in [5.41, 5.74) is 5.67. The molecule has 0 unspecified atom stereocenters. The molecule has 0 saturated heterocycles. The van der Waals surface area contributed by atoms with Crippen molar-refractivity contribution in [2.45, 2.75) is 0 Å². The molecule has 0 saturated carbocycles. The van der Waals surface area contributed by atoms with Gasteiger partial charge in [-0.05, 0) is 22.6 Å². The monoisotopic (exact) mass is 227 g/mol. The zero-order chi connectivity index (χ0) is 6.41. The molecule has 0 fully saturated rings. The maximum atomic E-state index is 2.88. The van der Waals surface area contributed by atoms with Crippen LogP contribution < -0.4 is 16.2 Å². The highest BCUT2D eigenvalue weighted by Crippen LogP contribution is 1.94. The van der Waals surface area contributed by atoms with Crippen LogP contribution in [0.2, 0.25) is 0 Å². The Balaban J connectivity index is 3.29. The molecule has 0 aromatic heterocycles. The lowest BCUT2D eigenvalue weighted by Crippen LogP contribution is -2.24. The molecule has 4 heteroatoms. The Morgan fingerprint density at radius 1 is 1.50 bits per heavy atom. The lowest BCUT2D eigenvalue weighted by molar-refractivity contribution is 0.721. The SMILES string of the molecule is CN/C=C(/I)NNC. The molecule has 0 bridgehead atoms. The van der Waals surface area contributed by atoms with Crippen LogP contribution in [0.3, 0.4) is 0 Å². The van der Waals surface area contributed by atoms with Gasteiger partial charge in [0.05, 0.1) is 0 Å². The van der Waals surface area contributed by atoms with Crippen LogP contribution in [0.25, 0.3) is 0 Å². The Morgan fingerprint density at radius 3 is 2.50 bits per heavy atom. The van der Waals surface area contributed by atoms with Gasteiger partial charge in [0.25, 0.3) is 0 Å². The van der Waals surface area contributed by atoms with Gasteiger partial charge >= 0.3 is 0 Å². The van der Waals surface area contributed by atoms with Crippen molar-refractivity contribution in [3.05, 3.63) is 9.90 Å². The first-order valence-electron chi connectivity index (χ1n) is 2.27. The van der Waals surface area contributed by atoms with E-state index in [1.165, 1.54) is 0 Å². The van der Waals surface area contributed by atoms with Crippen LogP contribution in [0.1, 0.15) is 0 Å². The van der Waals surface area contributed by atoms with E-state index in [-0.39, 0.29) is 0 Å². The first-order chi connectivity index (χ1) is 3.81. The first kappa shape index (κ1) is 8.03. The maximum absolute atomic E-state index is 2.88. The molecular weight excluding hydrogens is 217 g/mol. The van der Waals surface area contributed by atoms with Crippen LogP contribution in [0.5, 0.6) is 0 Å². The Morgan fingerprint density at radius 2 is 2.12 bits per heavy atom. The molecule has 3 nitrogen and oxygen atoms in total.